The van der Waals surface area contributed by atoms with Crippen LogP contribution in [0.1, 0.15) is 26.2 Å². The first-order valence-corrected chi connectivity index (χ1v) is 11.8. The Kier molecular flexibility index (Phi) is 8.51. The summed E-state index contributed by atoms with van der Waals surface area (Å²) in [6.07, 6.45) is 5.25. The first kappa shape index (κ1) is 24.2. The molecule has 2 fully saturated rings. The molecule has 0 bridgehead atoms. The molecule has 34 heavy (non-hydrogen) atoms. The second kappa shape index (κ2) is 12.0. The molecule has 0 saturated carbocycles. The van der Waals surface area contributed by atoms with E-state index in [1.807, 2.05) is 12.1 Å². The minimum Gasteiger partial charge on any atom is -0.494 e. The van der Waals surface area contributed by atoms with Gasteiger partial charge >= 0.3 is 0 Å². The summed E-state index contributed by atoms with van der Waals surface area (Å²) in [5.41, 5.74) is 0.861. The van der Waals surface area contributed by atoms with Crippen LogP contribution in [0.5, 0.6) is 11.5 Å². The lowest BCUT2D eigenvalue weighted by Gasteiger charge is -2.26. The molecular formula is C24H33N5O5. The second-order valence-electron chi connectivity index (χ2n) is 8.46. The van der Waals surface area contributed by atoms with E-state index >= 15 is 0 Å². The van der Waals surface area contributed by atoms with Crippen LogP contribution in [0.15, 0.2) is 30.4 Å². The Morgan fingerprint density at radius 3 is 2.74 bits per heavy atom. The van der Waals surface area contributed by atoms with Crippen LogP contribution in [-0.4, -0.2) is 84.5 Å². The summed E-state index contributed by atoms with van der Waals surface area (Å²) in [7, 11) is 0. The first-order valence-electron chi connectivity index (χ1n) is 11.8. The molecule has 10 heteroatoms. The number of ether oxygens (including phenoxy) is 4. The molecule has 0 amide bonds. The molecule has 3 N–H and O–H groups in total. The van der Waals surface area contributed by atoms with Gasteiger partial charge in [0.15, 0.2) is 5.88 Å². The number of nitrogens with zero attached hydrogens (tertiary/aromatic N) is 3. The van der Waals surface area contributed by atoms with E-state index in [4.69, 9.17) is 24.4 Å². The number of allylic oxidation sites excluding steroid dienone is 1. The largest absolute Gasteiger partial charge is 0.494 e. The smallest absolute Gasteiger partial charge is 0.191 e. The number of hydrogen-bond acceptors (Lipinski definition) is 10. The van der Waals surface area contributed by atoms with Gasteiger partial charge in [0.25, 0.3) is 0 Å². The third-order valence-corrected chi connectivity index (χ3v) is 5.73. The van der Waals surface area contributed by atoms with Gasteiger partial charge in [-0.15, -0.1) is 0 Å². The maximum Gasteiger partial charge on any atom is 0.191 e. The van der Waals surface area contributed by atoms with Gasteiger partial charge in [0.2, 0.25) is 0 Å². The van der Waals surface area contributed by atoms with Crippen molar-refractivity contribution < 1.29 is 24.1 Å². The predicted octanol–water partition coefficient (Wildman–Crippen LogP) is 3.14. The third kappa shape index (κ3) is 6.78. The fraction of sp³-hybridized carbons (Fsp3) is 0.542. The molecule has 184 valence electrons. The van der Waals surface area contributed by atoms with Crippen molar-refractivity contribution in [3.05, 3.63) is 30.4 Å². The van der Waals surface area contributed by atoms with Gasteiger partial charge in [-0.3, -0.25) is 4.90 Å². The van der Waals surface area contributed by atoms with Gasteiger partial charge in [0.1, 0.15) is 29.7 Å². The van der Waals surface area contributed by atoms with Crippen molar-refractivity contribution in [1.82, 2.24) is 14.9 Å². The van der Waals surface area contributed by atoms with Crippen LogP contribution in [0, 0.1) is 5.41 Å². The molecule has 0 atom stereocenters. The Morgan fingerprint density at radius 1 is 1.21 bits per heavy atom. The van der Waals surface area contributed by atoms with Crippen molar-refractivity contribution in [1.29, 1.82) is 5.41 Å². The lowest BCUT2D eigenvalue weighted by atomic mass is 10.1. The SMILES string of the molecule is CC(=N)/C=C(\O)Nc1ncnc2cc(OCCCN3CCOCC3)cc(OC3CCOCC3)c12. The monoisotopic (exact) mass is 471 g/mol. The number of fused-ring (bicyclic) bond motifs is 1. The van der Waals surface area contributed by atoms with Gasteiger partial charge in [-0.2, -0.15) is 0 Å². The quantitative estimate of drug-likeness (QED) is 0.272. The Labute approximate surface area is 199 Å². The zero-order valence-corrected chi connectivity index (χ0v) is 19.6. The Morgan fingerprint density at radius 2 is 1.97 bits per heavy atom. The highest BCUT2D eigenvalue weighted by atomic mass is 16.5. The molecule has 1 aromatic heterocycles. The number of nitrogens with one attached hydrogen (secondary N) is 2. The van der Waals surface area contributed by atoms with E-state index < -0.39 is 0 Å². The maximum atomic E-state index is 10.2. The standard InChI is InChI=1S/C24H33N5O5/c1-17(25)13-22(30)28-24-23-20(26-16-27-24)14-19(15-21(23)34-18-3-9-31-10-4-18)33-8-2-5-29-6-11-32-12-7-29/h13-16,18,25,30H,2-12H2,1H3,(H,26,27,28)/b22-13-,25-17?. The van der Waals surface area contributed by atoms with Gasteiger partial charge in [-0.25, -0.2) is 9.97 Å². The van der Waals surface area contributed by atoms with E-state index in [1.54, 1.807) is 6.92 Å². The van der Waals surface area contributed by atoms with E-state index in [-0.39, 0.29) is 17.7 Å². The molecule has 0 spiro atoms. The van der Waals surface area contributed by atoms with E-state index in [0.29, 0.717) is 48.0 Å². The van der Waals surface area contributed by atoms with Crippen LogP contribution in [0.25, 0.3) is 10.9 Å². The predicted molar refractivity (Wildman–Crippen MR) is 129 cm³/mol. The van der Waals surface area contributed by atoms with E-state index in [1.165, 1.54) is 12.4 Å². The highest BCUT2D eigenvalue weighted by Gasteiger charge is 2.20. The van der Waals surface area contributed by atoms with E-state index in [9.17, 15) is 5.11 Å². The van der Waals surface area contributed by atoms with Gasteiger partial charge < -0.3 is 34.8 Å². The molecule has 0 aliphatic carbocycles. The zero-order valence-electron chi connectivity index (χ0n) is 19.6. The third-order valence-electron chi connectivity index (χ3n) is 5.73. The fourth-order valence-corrected chi connectivity index (χ4v) is 4.04. The van der Waals surface area contributed by atoms with Gasteiger partial charge in [0, 0.05) is 56.4 Å². The summed E-state index contributed by atoms with van der Waals surface area (Å²) in [4.78, 5) is 11.1. The molecule has 1 aromatic carbocycles. The average molecular weight is 472 g/mol. The average Bonchev–Trinajstić information content (AvgIpc) is 2.82. The molecule has 0 radical (unpaired) electrons. The maximum absolute atomic E-state index is 10.2. The van der Waals surface area contributed by atoms with Gasteiger partial charge in [0.05, 0.1) is 43.9 Å². The summed E-state index contributed by atoms with van der Waals surface area (Å²) in [5, 5.41) is 21.3. The van der Waals surface area contributed by atoms with E-state index in [0.717, 1.165) is 52.1 Å². The Balaban J connectivity index is 1.54. The van der Waals surface area contributed by atoms with Gasteiger partial charge in [-0.1, -0.05) is 0 Å². The minimum absolute atomic E-state index is 0.00883. The van der Waals surface area contributed by atoms with Crippen molar-refractivity contribution in [2.75, 3.05) is 58.0 Å². The van der Waals surface area contributed by atoms with Crippen LogP contribution < -0.4 is 14.8 Å². The topological polar surface area (TPSA) is 122 Å². The summed E-state index contributed by atoms with van der Waals surface area (Å²) < 4.78 is 23.3. The lowest BCUT2D eigenvalue weighted by molar-refractivity contribution is 0.0261. The summed E-state index contributed by atoms with van der Waals surface area (Å²) >= 11 is 0. The molecule has 3 heterocycles. The Hall–Kier alpha value is -2.95. The summed E-state index contributed by atoms with van der Waals surface area (Å²) in [6.45, 7) is 7.95. The molecule has 2 aromatic rings. The highest BCUT2D eigenvalue weighted by Crippen LogP contribution is 2.36. The number of morpholine rings is 1. The number of anilines is 1. The van der Waals surface area contributed by atoms with Crippen LogP contribution in [0.2, 0.25) is 0 Å². The first-order chi connectivity index (χ1) is 16.6. The van der Waals surface area contributed by atoms with Crippen molar-refractivity contribution in [2.45, 2.75) is 32.3 Å². The molecule has 4 rings (SSSR count). The van der Waals surface area contributed by atoms with Crippen molar-refractivity contribution in [3.8, 4) is 11.5 Å². The molecule has 2 aliphatic heterocycles. The van der Waals surface area contributed by atoms with Crippen LogP contribution in [0.4, 0.5) is 5.82 Å². The minimum atomic E-state index is -0.173. The Bertz CT molecular complexity index is 1000. The van der Waals surface area contributed by atoms with Crippen LogP contribution in [0.3, 0.4) is 0 Å². The lowest BCUT2D eigenvalue weighted by Crippen LogP contribution is -2.37. The van der Waals surface area contributed by atoms with Crippen LogP contribution >= 0.6 is 0 Å². The number of aliphatic hydroxyl groups excluding tert-OH is 1. The number of rotatable bonds is 10. The normalized spacial score (nSPS) is 18.1. The number of aromatic nitrogens is 2. The fourth-order valence-electron chi connectivity index (χ4n) is 4.04. The van der Waals surface area contributed by atoms with Crippen molar-refractivity contribution >= 4 is 22.4 Å². The van der Waals surface area contributed by atoms with E-state index in [2.05, 4.69) is 20.2 Å². The zero-order chi connectivity index (χ0) is 23.8. The summed E-state index contributed by atoms with van der Waals surface area (Å²) in [6, 6.07) is 3.72. The number of hydrogen-bond donors (Lipinski definition) is 3. The second-order valence-corrected chi connectivity index (χ2v) is 8.46. The number of benzene rings is 1. The summed E-state index contributed by atoms with van der Waals surface area (Å²) in [5.74, 6) is 1.50. The highest BCUT2D eigenvalue weighted by molar-refractivity contribution is 5.96. The molecule has 0 unspecified atom stereocenters. The molecule has 10 nitrogen and oxygen atoms in total. The molecule has 2 aliphatic rings. The number of aliphatic hydroxyl groups is 1. The molecular weight excluding hydrogens is 438 g/mol. The van der Waals surface area contributed by atoms with Crippen molar-refractivity contribution in [2.24, 2.45) is 0 Å². The van der Waals surface area contributed by atoms with Crippen LogP contribution in [-0.2, 0) is 9.47 Å². The molecule has 2 saturated heterocycles. The van der Waals surface area contributed by atoms with Gasteiger partial charge in [-0.05, 0) is 13.3 Å². The van der Waals surface area contributed by atoms with Crippen molar-refractivity contribution in [3.63, 3.8) is 0 Å².